The van der Waals surface area contributed by atoms with Crippen LogP contribution in [0.3, 0.4) is 0 Å². The smallest absolute Gasteiger partial charge is 0.0418 e. The summed E-state index contributed by atoms with van der Waals surface area (Å²) < 4.78 is 0. The number of benzene rings is 5. The molecule has 2 aliphatic carbocycles. The molecule has 0 aromatic heterocycles. The molecule has 39 heavy (non-hydrogen) atoms. The van der Waals surface area contributed by atoms with Gasteiger partial charge in [0, 0.05) is 17.3 Å². The van der Waals surface area contributed by atoms with E-state index in [4.69, 9.17) is 0 Å². The molecule has 0 saturated heterocycles. The molecule has 5 aromatic carbocycles. The van der Waals surface area contributed by atoms with Gasteiger partial charge in [0.25, 0.3) is 0 Å². The second-order valence-corrected chi connectivity index (χ2v) is 11.6. The topological polar surface area (TPSA) is 0 Å². The molecular weight excluding hydrogens is 468 g/mol. The summed E-state index contributed by atoms with van der Waals surface area (Å²) in [7, 11) is 0. The molecule has 5 aromatic rings. The zero-order chi connectivity index (χ0) is 26.7. The largest absolute Gasteiger partial charge is 0.0639 e. The van der Waals surface area contributed by atoms with E-state index in [1.54, 1.807) is 0 Å². The summed E-state index contributed by atoms with van der Waals surface area (Å²) in [4.78, 5) is 0. The Morgan fingerprint density at radius 3 is 1.56 bits per heavy atom. The quantitative estimate of drug-likeness (QED) is 0.229. The molecule has 0 nitrogen and oxygen atoms in total. The summed E-state index contributed by atoms with van der Waals surface area (Å²) in [5.74, 6) is 0.355. The van der Waals surface area contributed by atoms with E-state index in [0.717, 1.165) is 0 Å². The van der Waals surface area contributed by atoms with E-state index < -0.39 is 0 Å². The summed E-state index contributed by atoms with van der Waals surface area (Å²) in [6, 6.07) is 43.8. The van der Waals surface area contributed by atoms with Crippen LogP contribution >= 0.6 is 0 Å². The third-order valence-electron chi connectivity index (χ3n) is 9.24. The Labute approximate surface area is 232 Å². The molecule has 1 atom stereocenters. The van der Waals surface area contributed by atoms with Crippen LogP contribution in [0, 0.1) is 20.8 Å². The van der Waals surface area contributed by atoms with Crippen LogP contribution < -0.4 is 0 Å². The molecule has 190 valence electrons. The van der Waals surface area contributed by atoms with E-state index in [0.29, 0.717) is 0 Å². The van der Waals surface area contributed by atoms with Crippen molar-refractivity contribution in [2.45, 2.75) is 44.9 Å². The van der Waals surface area contributed by atoms with E-state index in [1.807, 2.05) is 0 Å². The van der Waals surface area contributed by atoms with Crippen molar-refractivity contribution in [3.8, 4) is 11.1 Å². The van der Waals surface area contributed by atoms with Crippen LogP contribution in [0.25, 0.3) is 17.2 Å². The Balaban J connectivity index is 1.67. The van der Waals surface area contributed by atoms with Crippen LogP contribution in [-0.2, 0) is 5.41 Å². The first-order valence-corrected chi connectivity index (χ1v) is 14.1. The highest BCUT2D eigenvalue weighted by Gasteiger charge is 2.54. The van der Waals surface area contributed by atoms with E-state index in [2.05, 4.69) is 149 Å². The molecule has 1 unspecified atom stereocenters. The maximum absolute atomic E-state index is 2.46. The predicted molar refractivity (Wildman–Crippen MR) is 164 cm³/mol. The van der Waals surface area contributed by atoms with E-state index in [1.165, 1.54) is 66.8 Å². The summed E-state index contributed by atoms with van der Waals surface area (Å²) in [6.07, 6.45) is 2.46. The second-order valence-electron chi connectivity index (χ2n) is 11.6. The van der Waals surface area contributed by atoms with Crippen molar-refractivity contribution < 1.29 is 0 Å². The number of rotatable bonds is 4. The van der Waals surface area contributed by atoms with Gasteiger partial charge in [-0.05, 0) is 77.8 Å². The number of aryl methyl sites for hydroxylation is 3. The minimum absolute atomic E-state index is 0.159. The van der Waals surface area contributed by atoms with Gasteiger partial charge >= 0.3 is 0 Å². The Morgan fingerprint density at radius 1 is 0.487 bits per heavy atom. The van der Waals surface area contributed by atoms with Gasteiger partial charge in [-0.1, -0.05) is 138 Å². The Morgan fingerprint density at radius 2 is 1.03 bits per heavy atom. The van der Waals surface area contributed by atoms with Crippen molar-refractivity contribution in [3.05, 3.63) is 171 Å². The fourth-order valence-corrected chi connectivity index (χ4v) is 7.73. The Bertz CT molecular complexity index is 1650. The normalized spacial score (nSPS) is 16.0. The molecular formula is C39H34. The highest BCUT2D eigenvalue weighted by molar-refractivity contribution is 5.83. The lowest BCUT2D eigenvalue weighted by molar-refractivity contribution is 0.405. The molecule has 0 amide bonds. The molecule has 0 aliphatic heterocycles. The Hall–Kier alpha value is -4.16. The van der Waals surface area contributed by atoms with Crippen LogP contribution in [-0.4, -0.2) is 0 Å². The van der Waals surface area contributed by atoms with Crippen LogP contribution in [0.4, 0.5) is 0 Å². The van der Waals surface area contributed by atoms with Crippen LogP contribution in [0.5, 0.6) is 0 Å². The van der Waals surface area contributed by atoms with Gasteiger partial charge in [0.05, 0.1) is 0 Å². The van der Waals surface area contributed by atoms with Gasteiger partial charge < -0.3 is 0 Å². The molecule has 2 aliphatic rings. The number of hydrogen-bond acceptors (Lipinski definition) is 0. The highest BCUT2D eigenvalue weighted by Crippen LogP contribution is 2.64. The minimum Gasteiger partial charge on any atom is -0.0639 e. The van der Waals surface area contributed by atoms with E-state index in [9.17, 15) is 0 Å². The highest BCUT2D eigenvalue weighted by atomic mass is 14.6. The molecule has 0 fully saturated rings. The fourth-order valence-electron chi connectivity index (χ4n) is 7.73. The first-order valence-electron chi connectivity index (χ1n) is 14.1. The average molecular weight is 503 g/mol. The van der Waals surface area contributed by atoms with Gasteiger partial charge in [0.1, 0.15) is 0 Å². The van der Waals surface area contributed by atoms with Gasteiger partial charge in [-0.3, -0.25) is 0 Å². The lowest BCUT2D eigenvalue weighted by Gasteiger charge is -2.47. The van der Waals surface area contributed by atoms with Gasteiger partial charge in [-0.25, -0.2) is 0 Å². The summed E-state index contributed by atoms with van der Waals surface area (Å²) in [5.41, 5.74) is 16.3. The summed E-state index contributed by atoms with van der Waals surface area (Å²) in [6.45, 7) is 9.08. The molecule has 0 N–H and O–H groups in total. The standard InChI is InChI=1S/C39H34/c1-25-18-20-31-32-21-19-26(2)23-36(32)38(35(31)22-25)39(29-13-7-5-8-14-29,30-15-9-6-10-16-30)37-28(4)24-34-27(3)12-11-17-33(34)37/h5-24,37-38H,1-4H3. The van der Waals surface area contributed by atoms with Gasteiger partial charge in [-0.2, -0.15) is 0 Å². The molecule has 0 spiro atoms. The van der Waals surface area contributed by atoms with Crippen molar-refractivity contribution in [1.82, 2.24) is 0 Å². The summed E-state index contributed by atoms with van der Waals surface area (Å²) >= 11 is 0. The molecule has 0 heterocycles. The van der Waals surface area contributed by atoms with Crippen molar-refractivity contribution >= 4 is 6.08 Å². The molecule has 0 saturated carbocycles. The SMILES string of the molecule is CC1=Cc2c(C)cccc2C1C(c1ccccc1)(c1ccccc1)C1c2cc(C)ccc2-c2ccc(C)cc21. The van der Waals surface area contributed by atoms with Crippen LogP contribution in [0.15, 0.2) is 121 Å². The van der Waals surface area contributed by atoms with Crippen molar-refractivity contribution in [3.63, 3.8) is 0 Å². The number of fused-ring (bicyclic) bond motifs is 4. The van der Waals surface area contributed by atoms with Gasteiger partial charge in [0.2, 0.25) is 0 Å². The predicted octanol–water partition coefficient (Wildman–Crippen LogP) is 9.91. The molecule has 0 radical (unpaired) electrons. The lowest BCUT2D eigenvalue weighted by Crippen LogP contribution is -2.41. The molecule has 0 heteroatoms. The number of allylic oxidation sites excluding steroid dienone is 1. The fraction of sp³-hybridized carbons (Fsp3) is 0.179. The maximum atomic E-state index is 2.46. The zero-order valence-electron chi connectivity index (χ0n) is 23.2. The van der Waals surface area contributed by atoms with Gasteiger partial charge in [0.15, 0.2) is 0 Å². The first-order chi connectivity index (χ1) is 19.0. The third-order valence-corrected chi connectivity index (χ3v) is 9.24. The van der Waals surface area contributed by atoms with Crippen LogP contribution in [0.1, 0.15) is 68.8 Å². The first kappa shape index (κ1) is 23.9. The van der Waals surface area contributed by atoms with E-state index >= 15 is 0 Å². The van der Waals surface area contributed by atoms with Gasteiger partial charge in [-0.15, -0.1) is 0 Å². The lowest BCUT2D eigenvalue weighted by atomic mass is 9.54. The average Bonchev–Trinajstić information content (AvgIpc) is 3.46. The summed E-state index contributed by atoms with van der Waals surface area (Å²) in [5, 5.41) is 0. The second kappa shape index (κ2) is 8.95. The van der Waals surface area contributed by atoms with Crippen LogP contribution in [0.2, 0.25) is 0 Å². The number of hydrogen-bond donors (Lipinski definition) is 0. The Kier molecular flexibility index (Phi) is 5.49. The van der Waals surface area contributed by atoms with Crippen molar-refractivity contribution in [1.29, 1.82) is 0 Å². The molecule has 7 rings (SSSR count). The molecule has 0 bridgehead atoms. The van der Waals surface area contributed by atoms with Crippen molar-refractivity contribution in [2.24, 2.45) is 0 Å². The minimum atomic E-state index is -0.344. The third kappa shape index (κ3) is 3.44. The van der Waals surface area contributed by atoms with E-state index in [-0.39, 0.29) is 17.3 Å². The van der Waals surface area contributed by atoms with Crippen molar-refractivity contribution in [2.75, 3.05) is 0 Å². The zero-order valence-corrected chi connectivity index (χ0v) is 23.2. The monoisotopic (exact) mass is 502 g/mol. The maximum Gasteiger partial charge on any atom is 0.0418 e.